The molecule has 6 atom stereocenters. The summed E-state index contributed by atoms with van der Waals surface area (Å²) in [4.78, 5) is 37.3. The Bertz CT molecular complexity index is 1930. The first-order valence-corrected chi connectivity index (χ1v) is 26.8. The zero-order valence-corrected chi connectivity index (χ0v) is 45.3. The van der Waals surface area contributed by atoms with Crippen molar-refractivity contribution in [2.24, 2.45) is 46.3 Å². The van der Waals surface area contributed by atoms with E-state index in [9.17, 15) is 10.1 Å². The molecule has 10 nitrogen and oxygen atoms in total. The average Bonchev–Trinajstić information content (AvgIpc) is 3.83. The molecule has 1 amide bonds. The van der Waals surface area contributed by atoms with Crippen LogP contribution in [0.3, 0.4) is 0 Å². The summed E-state index contributed by atoms with van der Waals surface area (Å²) in [7, 11) is 0. The molecule has 0 saturated heterocycles. The molecular weight excluding hydrogens is 831 g/mol. The van der Waals surface area contributed by atoms with Crippen LogP contribution >= 0.6 is 0 Å². The molecule has 1 aliphatic carbocycles. The predicted molar refractivity (Wildman–Crippen MR) is 279 cm³/mol. The molecular formula is C57H95N7O3. The van der Waals surface area contributed by atoms with E-state index in [2.05, 4.69) is 124 Å². The normalized spacial score (nSPS) is 21.3. The summed E-state index contributed by atoms with van der Waals surface area (Å²) < 4.78 is 8.47. The molecule has 1 aliphatic heterocycles. The van der Waals surface area contributed by atoms with Crippen LogP contribution in [0.25, 0.3) is 5.57 Å². The van der Waals surface area contributed by atoms with Gasteiger partial charge in [0.05, 0.1) is 17.2 Å². The first-order chi connectivity index (χ1) is 31.6. The predicted octanol–water partition coefficient (Wildman–Crippen LogP) is 14.3. The molecule has 1 aromatic carbocycles. The van der Waals surface area contributed by atoms with Crippen LogP contribution in [0.15, 0.2) is 23.8 Å². The van der Waals surface area contributed by atoms with E-state index in [1.54, 1.807) is 4.68 Å². The number of unbranched alkanes of at least 4 members (excludes halogenated alkanes) is 3. The van der Waals surface area contributed by atoms with Crippen LogP contribution in [0, 0.1) is 57.7 Å². The lowest BCUT2D eigenvalue weighted by atomic mass is 9.59. The largest absolute Gasteiger partial charge is 0.458 e. The van der Waals surface area contributed by atoms with E-state index in [1.807, 2.05) is 26.8 Å². The minimum atomic E-state index is -0.896. The third kappa shape index (κ3) is 14.6. The molecule has 67 heavy (non-hydrogen) atoms. The second-order valence-electron chi connectivity index (χ2n) is 23.9. The van der Waals surface area contributed by atoms with Crippen molar-refractivity contribution in [3.05, 3.63) is 41.0 Å². The zero-order chi connectivity index (χ0) is 49.9. The summed E-state index contributed by atoms with van der Waals surface area (Å²) >= 11 is 0. The van der Waals surface area contributed by atoms with E-state index in [1.165, 1.54) is 38.5 Å². The van der Waals surface area contributed by atoms with Gasteiger partial charge >= 0.3 is 5.97 Å². The summed E-state index contributed by atoms with van der Waals surface area (Å²) in [6.45, 7) is 37.9. The molecule has 6 unspecified atom stereocenters. The van der Waals surface area contributed by atoms with Crippen LogP contribution in [-0.2, 0) is 14.9 Å². The third-order valence-corrected chi connectivity index (χ3v) is 15.3. The number of esters is 1. The van der Waals surface area contributed by atoms with Gasteiger partial charge in [-0.15, -0.1) is 0 Å². The fraction of sp³-hybridized carbons (Fsp3) is 0.772. The number of benzene rings is 1. The van der Waals surface area contributed by atoms with Crippen molar-refractivity contribution in [2.75, 3.05) is 29.9 Å². The number of aromatic nitrogens is 3. The number of amides is 1. The summed E-state index contributed by atoms with van der Waals surface area (Å²) in [5.74, 6) is 2.39. The maximum Gasteiger partial charge on any atom is 0.343 e. The highest BCUT2D eigenvalue weighted by atomic mass is 16.5. The maximum absolute atomic E-state index is 15.0. The van der Waals surface area contributed by atoms with Gasteiger partial charge in [0.25, 0.3) is 5.91 Å². The summed E-state index contributed by atoms with van der Waals surface area (Å²) in [5, 5.41) is 23.1. The third-order valence-electron chi connectivity index (χ3n) is 15.3. The first kappa shape index (κ1) is 55.7. The van der Waals surface area contributed by atoms with Crippen molar-refractivity contribution in [2.45, 2.75) is 218 Å². The standard InChI is InChI=1S/C57H95N7O3/c1-17-23-26-39(20-4)35-59-52(65)43-33-42(63(36-40(21-5)27-24-18-2)37-41(22-6)28-25-19-3)29-30-47(43)60-50-44(34-58)48(51-61-54(57(14,15)16)62-64(50)51)53(66)67-49-45(55(8,9)10)31-38(7)32-46(49)56(11,12)13/h29-30,33,38-41,45-46,49-50,60H,17-28,31-32,35-37H2,1-16H3,(H,59,65). The zero-order valence-electron chi connectivity index (χ0n) is 45.3. The average molecular weight is 926 g/mol. The lowest BCUT2D eigenvalue weighted by molar-refractivity contribution is -0.162. The van der Waals surface area contributed by atoms with E-state index in [0.29, 0.717) is 53.1 Å². The Morgan fingerprint density at radius 3 is 1.81 bits per heavy atom. The Morgan fingerprint density at radius 1 is 0.821 bits per heavy atom. The van der Waals surface area contributed by atoms with Crippen molar-refractivity contribution in [1.29, 1.82) is 5.26 Å². The van der Waals surface area contributed by atoms with Gasteiger partial charge in [-0.1, -0.05) is 169 Å². The van der Waals surface area contributed by atoms with E-state index in [0.717, 1.165) is 70.1 Å². The number of carbonyl (C=O) groups is 2. The molecule has 2 aromatic rings. The number of fused-ring (bicyclic) bond motifs is 1. The van der Waals surface area contributed by atoms with E-state index >= 15 is 4.79 Å². The highest BCUT2D eigenvalue weighted by molar-refractivity contribution is 6.18. The van der Waals surface area contributed by atoms with Crippen LogP contribution in [0.4, 0.5) is 11.4 Å². The molecule has 1 saturated carbocycles. The minimum Gasteiger partial charge on any atom is -0.458 e. The number of carbonyl (C=O) groups excluding carboxylic acids is 2. The Kier molecular flexibility index (Phi) is 20.5. The van der Waals surface area contributed by atoms with Gasteiger partial charge in [0, 0.05) is 48.3 Å². The van der Waals surface area contributed by atoms with Gasteiger partial charge in [0.15, 0.2) is 17.8 Å². The Balaban J connectivity index is 1.89. The van der Waals surface area contributed by atoms with Crippen LogP contribution in [-0.4, -0.2) is 52.4 Å². The number of rotatable bonds is 24. The number of hydrogen-bond acceptors (Lipinski definition) is 8. The van der Waals surface area contributed by atoms with Gasteiger partial charge in [0.2, 0.25) is 0 Å². The number of nitrogens with zero attached hydrogens (tertiary/aromatic N) is 5. The Labute approximate surface area is 408 Å². The van der Waals surface area contributed by atoms with Crippen LogP contribution < -0.4 is 15.5 Å². The Morgan fingerprint density at radius 2 is 1.34 bits per heavy atom. The van der Waals surface area contributed by atoms with Crippen molar-refractivity contribution in [3.8, 4) is 6.07 Å². The van der Waals surface area contributed by atoms with Crippen molar-refractivity contribution >= 4 is 28.8 Å². The van der Waals surface area contributed by atoms with E-state index < -0.39 is 17.6 Å². The summed E-state index contributed by atoms with van der Waals surface area (Å²) in [6, 6.07) is 8.63. The molecule has 10 heteroatoms. The molecule has 2 heterocycles. The molecule has 4 rings (SSSR count). The number of nitrogens with one attached hydrogen (secondary N) is 2. The van der Waals surface area contributed by atoms with Gasteiger partial charge in [-0.05, 0) is 84.8 Å². The number of ether oxygens (including phenoxy) is 1. The topological polar surface area (TPSA) is 125 Å². The van der Waals surface area contributed by atoms with Gasteiger partial charge in [-0.25, -0.2) is 14.5 Å². The fourth-order valence-electron chi connectivity index (χ4n) is 10.6. The van der Waals surface area contributed by atoms with Gasteiger partial charge in [-0.3, -0.25) is 4.79 Å². The molecule has 0 bridgehead atoms. The molecule has 1 aromatic heterocycles. The molecule has 1 fully saturated rings. The maximum atomic E-state index is 15.0. The van der Waals surface area contributed by atoms with E-state index in [4.69, 9.17) is 14.8 Å². The summed E-state index contributed by atoms with van der Waals surface area (Å²) in [5.41, 5.74) is 1.80. The lowest BCUT2D eigenvalue weighted by Gasteiger charge is -2.50. The first-order valence-electron chi connectivity index (χ1n) is 26.8. The van der Waals surface area contributed by atoms with Crippen LogP contribution in [0.5, 0.6) is 0 Å². The van der Waals surface area contributed by atoms with Gasteiger partial charge in [0.1, 0.15) is 11.7 Å². The highest BCUT2D eigenvalue weighted by Crippen LogP contribution is 2.50. The van der Waals surface area contributed by atoms with Crippen molar-refractivity contribution in [3.63, 3.8) is 0 Å². The minimum absolute atomic E-state index is 0.111. The smallest absolute Gasteiger partial charge is 0.343 e. The summed E-state index contributed by atoms with van der Waals surface area (Å²) in [6.07, 6.45) is 14.3. The second kappa shape index (κ2) is 24.6. The monoisotopic (exact) mass is 926 g/mol. The van der Waals surface area contributed by atoms with Crippen LogP contribution in [0.2, 0.25) is 0 Å². The number of anilines is 2. The number of hydrogen-bond donors (Lipinski definition) is 2. The molecule has 376 valence electrons. The quantitative estimate of drug-likeness (QED) is 0.0997. The molecule has 2 N–H and O–H groups in total. The van der Waals surface area contributed by atoms with Crippen LogP contribution in [0.1, 0.15) is 229 Å². The Hall–Kier alpha value is -3.87. The fourth-order valence-corrected chi connectivity index (χ4v) is 10.6. The van der Waals surface area contributed by atoms with Gasteiger partial charge < -0.3 is 20.3 Å². The SMILES string of the molecule is CCCCC(CC)CNC(=O)c1cc(N(CC(CC)CCCC)CC(CC)CCCC)ccc1NC1C(C#N)=C(C(=O)OC2C(C(C)(C)C)CC(C)CC2C(C)(C)C)c2nc(C(C)(C)C)nn21. The molecule has 2 aliphatic rings. The molecule has 0 spiro atoms. The molecule has 0 radical (unpaired) electrons. The van der Waals surface area contributed by atoms with Crippen molar-refractivity contribution < 1.29 is 14.3 Å². The second-order valence-corrected chi connectivity index (χ2v) is 23.9. The number of nitriles is 1. The van der Waals surface area contributed by atoms with Gasteiger partial charge in [-0.2, -0.15) is 10.4 Å². The lowest BCUT2D eigenvalue weighted by Crippen LogP contribution is -2.49. The van der Waals surface area contributed by atoms with Crippen molar-refractivity contribution in [1.82, 2.24) is 20.1 Å². The highest BCUT2D eigenvalue weighted by Gasteiger charge is 2.50. The van der Waals surface area contributed by atoms with E-state index in [-0.39, 0.29) is 45.8 Å².